The molecule has 0 spiro atoms. The van der Waals surface area contributed by atoms with Crippen molar-refractivity contribution < 1.29 is 46.2 Å². The van der Waals surface area contributed by atoms with Gasteiger partial charge in [-0.05, 0) is 61.9 Å². The molecule has 63 heavy (non-hydrogen) atoms. The highest BCUT2D eigenvalue weighted by atomic mass is 19.3. The highest BCUT2D eigenvalue weighted by Crippen LogP contribution is 2.36. The van der Waals surface area contributed by atoms with Gasteiger partial charge in [0.25, 0.3) is 18.2 Å². The molecule has 0 radical (unpaired) electrons. The number of unbranched alkanes of at least 4 members (excludes halogenated alkanes) is 1. The lowest BCUT2D eigenvalue weighted by molar-refractivity contribution is -0.136. The Morgan fingerprint density at radius 1 is 1.02 bits per heavy atom. The molecule has 1 unspecified atom stereocenters. The van der Waals surface area contributed by atoms with Gasteiger partial charge in [0.1, 0.15) is 29.8 Å². The highest BCUT2D eigenvalue weighted by molar-refractivity contribution is 6.25. The Labute approximate surface area is 357 Å². The van der Waals surface area contributed by atoms with E-state index in [4.69, 9.17) is 20.9 Å². The summed E-state index contributed by atoms with van der Waals surface area (Å²) in [4.78, 5) is 70.6. The Kier molecular flexibility index (Phi) is 12.0. The van der Waals surface area contributed by atoms with Gasteiger partial charge in [-0.3, -0.25) is 34.4 Å². The number of hydrogen-bond acceptors (Lipinski definition) is 14. The molecule has 2 aromatic carbocycles. The van der Waals surface area contributed by atoms with Crippen molar-refractivity contribution in [3.05, 3.63) is 83.6 Å². The molecular formula is C42H43F4N11O6. The maximum Gasteiger partial charge on any atom is 0.266 e. The first-order chi connectivity index (χ1) is 30.3. The van der Waals surface area contributed by atoms with Crippen LogP contribution in [0.4, 0.5) is 34.8 Å². The van der Waals surface area contributed by atoms with E-state index in [9.17, 15) is 32.3 Å². The summed E-state index contributed by atoms with van der Waals surface area (Å²) in [6, 6.07) is 7.12. The van der Waals surface area contributed by atoms with E-state index >= 15 is 4.39 Å². The highest BCUT2D eigenvalue weighted by Gasteiger charge is 2.47. The predicted octanol–water partition coefficient (Wildman–Crippen LogP) is 4.05. The van der Waals surface area contributed by atoms with E-state index in [1.54, 1.807) is 22.8 Å². The van der Waals surface area contributed by atoms with Crippen molar-refractivity contribution in [1.82, 2.24) is 34.7 Å². The average molecular weight is 874 g/mol. The van der Waals surface area contributed by atoms with Gasteiger partial charge in [0, 0.05) is 50.0 Å². The zero-order valence-electron chi connectivity index (χ0n) is 34.0. The zero-order valence-corrected chi connectivity index (χ0v) is 34.0. The van der Waals surface area contributed by atoms with Crippen LogP contribution in [-0.2, 0) is 20.9 Å². The van der Waals surface area contributed by atoms with E-state index < -0.39 is 59.4 Å². The lowest BCUT2D eigenvalue weighted by atomic mass is 9.84. The van der Waals surface area contributed by atoms with Crippen LogP contribution in [0.3, 0.4) is 0 Å². The number of alkyl halides is 2. The summed E-state index contributed by atoms with van der Waals surface area (Å²) in [6.45, 7) is 0.702. The number of carbonyl (C=O) groups is 4. The quantitative estimate of drug-likeness (QED) is 0.0662. The third kappa shape index (κ3) is 8.32. The van der Waals surface area contributed by atoms with Crippen molar-refractivity contribution >= 4 is 52.0 Å². The summed E-state index contributed by atoms with van der Waals surface area (Å²) in [6.07, 6.45) is 1.13. The van der Waals surface area contributed by atoms with E-state index in [1.165, 1.54) is 32.0 Å². The number of hydrogen-bond donors (Lipinski definition) is 4. The van der Waals surface area contributed by atoms with Gasteiger partial charge in [-0.15, -0.1) is 0 Å². The van der Waals surface area contributed by atoms with Gasteiger partial charge in [-0.25, -0.2) is 32.5 Å². The number of rotatable bonds is 15. The summed E-state index contributed by atoms with van der Waals surface area (Å²) in [5, 5.41) is 5.32. The monoisotopic (exact) mass is 873 g/mol. The molecule has 330 valence electrons. The number of halogens is 4. The average Bonchev–Trinajstić information content (AvgIpc) is 3.78. The molecule has 5 aromatic rings. The number of imide groups is 2. The van der Waals surface area contributed by atoms with Gasteiger partial charge in [-0.2, -0.15) is 0 Å². The molecule has 8 rings (SSSR count). The molecule has 4 amide bonds. The number of nitrogens with zero attached hydrogens (tertiary/aromatic N) is 7. The first kappa shape index (κ1) is 42.9. The smallest absolute Gasteiger partial charge is 0.266 e. The molecule has 0 aliphatic carbocycles. The Hall–Kier alpha value is -6.74. The van der Waals surface area contributed by atoms with Crippen LogP contribution >= 0.6 is 0 Å². The number of anilines is 3. The fourth-order valence-electron chi connectivity index (χ4n) is 8.49. The van der Waals surface area contributed by atoms with Crippen LogP contribution in [0, 0.1) is 11.6 Å². The van der Waals surface area contributed by atoms with Crippen molar-refractivity contribution in [2.45, 2.75) is 69.2 Å². The van der Waals surface area contributed by atoms with Crippen LogP contribution < -0.4 is 31.7 Å². The third-order valence-corrected chi connectivity index (χ3v) is 11.6. The minimum atomic E-state index is -2.94. The van der Waals surface area contributed by atoms with Crippen molar-refractivity contribution in [1.29, 1.82) is 0 Å². The van der Waals surface area contributed by atoms with Crippen LogP contribution in [0.1, 0.15) is 64.8 Å². The van der Waals surface area contributed by atoms with Crippen LogP contribution in [0.5, 0.6) is 5.75 Å². The second-order valence-corrected chi connectivity index (χ2v) is 15.7. The first-order valence-corrected chi connectivity index (χ1v) is 20.2. The largest absolute Gasteiger partial charge is 0.494 e. The number of benzene rings is 2. The minimum absolute atomic E-state index is 0.00360. The summed E-state index contributed by atoms with van der Waals surface area (Å²) < 4.78 is 72.3. The van der Waals surface area contributed by atoms with Crippen molar-refractivity contribution in [2.75, 3.05) is 49.3 Å². The molecule has 3 aromatic heterocycles. The fraction of sp³-hybridized carbons (Fsp3) is 0.381. The maximum atomic E-state index is 15.3. The predicted molar refractivity (Wildman–Crippen MR) is 220 cm³/mol. The molecular weight excluding hydrogens is 831 g/mol. The van der Waals surface area contributed by atoms with Gasteiger partial charge in [0.15, 0.2) is 23.0 Å². The summed E-state index contributed by atoms with van der Waals surface area (Å²) >= 11 is 0. The number of amides is 4. The Morgan fingerprint density at radius 3 is 2.62 bits per heavy atom. The number of methoxy groups -OCH3 is 1. The van der Waals surface area contributed by atoms with Crippen molar-refractivity contribution in [3.63, 3.8) is 0 Å². The number of nitrogens with one attached hydrogen (secondary N) is 2. The molecule has 3 aliphatic rings. The number of nitrogen functional groups attached to an aromatic ring is 1. The first-order valence-electron chi connectivity index (χ1n) is 20.2. The second kappa shape index (κ2) is 17.6. The molecule has 17 nitrogen and oxygen atoms in total. The lowest BCUT2D eigenvalue weighted by Crippen LogP contribution is -2.64. The molecule has 2 saturated heterocycles. The third-order valence-electron chi connectivity index (χ3n) is 11.6. The molecule has 0 saturated carbocycles. The van der Waals surface area contributed by atoms with Gasteiger partial charge in [0.2, 0.25) is 11.8 Å². The van der Waals surface area contributed by atoms with Gasteiger partial charge >= 0.3 is 0 Å². The van der Waals surface area contributed by atoms with Crippen LogP contribution in [0.25, 0.3) is 22.4 Å². The zero-order chi connectivity index (χ0) is 44.6. The number of ether oxygens (including phenoxy) is 2. The van der Waals surface area contributed by atoms with Crippen LogP contribution in [-0.4, -0.2) is 110 Å². The number of imidazole rings is 1. The topological polar surface area (TPSA) is 226 Å². The van der Waals surface area contributed by atoms with Gasteiger partial charge < -0.3 is 35.7 Å². The van der Waals surface area contributed by atoms with E-state index in [2.05, 4.69) is 30.6 Å². The molecule has 2 fully saturated rings. The molecule has 3 aliphatic heterocycles. The molecule has 3 atom stereocenters. The van der Waals surface area contributed by atoms with E-state index in [-0.39, 0.29) is 72.9 Å². The molecule has 6 N–H and O–H groups in total. The van der Waals surface area contributed by atoms with E-state index in [0.29, 0.717) is 60.5 Å². The summed E-state index contributed by atoms with van der Waals surface area (Å²) in [5.74, 6) is -4.14. The normalized spacial score (nSPS) is 19.5. The number of pyridine rings is 1. The van der Waals surface area contributed by atoms with E-state index in [0.717, 1.165) is 17.0 Å². The summed E-state index contributed by atoms with van der Waals surface area (Å²) in [7, 11) is 1.22. The van der Waals surface area contributed by atoms with E-state index in [1.807, 2.05) is 4.90 Å². The second-order valence-electron chi connectivity index (χ2n) is 15.7. The van der Waals surface area contributed by atoms with Crippen LogP contribution in [0.2, 0.25) is 0 Å². The molecule has 6 heterocycles. The lowest BCUT2D eigenvalue weighted by Gasteiger charge is -2.45. The van der Waals surface area contributed by atoms with Crippen molar-refractivity contribution in [2.24, 2.45) is 5.73 Å². The number of fused-ring (bicyclic) bond motifs is 2. The van der Waals surface area contributed by atoms with Crippen molar-refractivity contribution in [3.8, 4) is 17.0 Å². The number of nitrogens with two attached hydrogens (primary N) is 2. The number of piperidine rings is 2. The number of aromatic nitrogens is 5. The molecule has 0 bridgehead atoms. The Morgan fingerprint density at radius 2 is 1.84 bits per heavy atom. The van der Waals surface area contributed by atoms with Gasteiger partial charge in [0.05, 0.1) is 54.2 Å². The Balaban J connectivity index is 0.948. The van der Waals surface area contributed by atoms with Gasteiger partial charge in [-0.1, -0.05) is 6.07 Å². The SMILES string of the molecule is COc1cc(F)c(-c2cc(Cn3cnc4c(N)ncnc43)c(N3CCC[C@](N)([C@H](OCCCCNc4cccc5c4C(=O)N(C4CCC(=O)NC4=O)C5=O)C(F)F)C3)cn2)cc1F. The minimum Gasteiger partial charge on any atom is -0.494 e. The maximum absolute atomic E-state index is 15.3. The Bertz CT molecular complexity index is 2610. The van der Waals surface area contributed by atoms with Crippen LogP contribution in [0.15, 0.2) is 55.2 Å². The summed E-state index contributed by atoms with van der Waals surface area (Å²) in [5.41, 5.74) is 13.8. The number of carbonyl (C=O) groups excluding carboxylic acids is 4. The standard InChI is InChI=1S/C42H43F4N11O6/c1-62-31-16-25(43)24(15-26(31)44)28-14-22(18-56-21-53-34-37(47)51-20-52-38(34)56)30(17-50-28)55-12-5-10-42(48,19-55)35(36(45)46)63-13-3-2-11-49-27-7-4-6-23-33(27)41(61)57(40(23)60)29-8-9-32(58)54-39(29)59/h4,6-7,14-17,20-21,29,35-36,49H,2-3,5,8-13,18-19,48H2,1H3,(H2,47,51,52)(H,54,58,59)/t29?,35-,42-/m1/s1. The fourth-order valence-corrected chi connectivity index (χ4v) is 8.49. The molecule has 21 heteroatoms.